The monoisotopic (exact) mass is 362 g/mol. The number of hydrogen-bond acceptors (Lipinski definition) is 3. The highest BCUT2D eigenvalue weighted by molar-refractivity contribution is 14.1. The van der Waals surface area contributed by atoms with E-state index < -0.39 is 0 Å². The molecule has 0 bridgehead atoms. The Balaban J connectivity index is 2.06. The van der Waals surface area contributed by atoms with Crippen molar-refractivity contribution in [1.29, 1.82) is 0 Å². The summed E-state index contributed by atoms with van der Waals surface area (Å²) in [5.74, 6) is 0.338. The van der Waals surface area contributed by atoms with Gasteiger partial charge in [0.1, 0.15) is 5.82 Å². The van der Waals surface area contributed by atoms with Gasteiger partial charge in [-0.1, -0.05) is 0 Å². The molecule has 98 valence electrons. The summed E-state index contributed by atoms with van der Waals surface area (Å²) < 4.78 is 20.0. The molecule has 1 N–H and O–H groups in total. The molecule has 1 aromatic carbocycles. The smallest absolute Gasteiger partial charge is 0.138 e. The summed E-state index contributed by atoms with van der Waals surface area (Å²) in [5.41, 5.74) is 2.01. The molecule has 2 aliphatic heterocycles. The standard InChI is InChI=1S/C13H16FIN2O/c1-2-17-12-3-9(14)10(15)4-11(12)16-5-8-6-18-7-13(8)17/h3-4,8,13,16H,2,5-7H2,1H3. The van der Waals surface area contributed by atoms with Gasteiger partial charge in [0.2, 0.25) is 0 Å². The van der Waals surface area contributed by atoms with Gasteiger partial charge in [-0.15, -0.1) is 0 Å². The first-order valence-electron chi connectivity index (χ1n) is 6.28. The number of nitrogens with one attached hydrogen (secondary N) is 1. The van der Waals surface area contributed by atoms with Gasteiger partial charge in [-0.3, -0.25) is 0 Å². The summed E-state index contributed by atoms with van der Waals surface area (Å²) in [6.45, 7) is 5.42. The largest absolute Gasteiger partial charge is 0.383 e. The Hall–Kier alpha value is -0.560. The summed E-state index contributed by atoms with van der Waals surface area (Å²) in [7, 11) is 0. The van der Waals surface area contributed by atoms with Crippen molar-refractivity contribution in [2.45, 2.75) is 13.0 Å². The average Bonchev–Trinajstić information content (AvgIpc) is 2.76. The van der Waals surface area contributed by atoms with Gasteiger partial charge in [0, 0.05) is 25.1 Å². The second-order valence-electron chi connectivity index (χ2n) is 4.82. The summed E-state index contributed by atoms with van der Waals surface area (Å²) in [6.07, 6.45) is 0. The Morgan fingerprint density at radius 1 is 1.50 bits per heavy atom. The first kappa shape index (κ1) is 12.5. The number of halogens is 2. The summed E-state index contributed by atoms with van der Waals surface area (Å²) >= 11 is 2.04. The van der Waals surface area contributed by atoms with E-state index in [0.29, 0.717) is 15.5 Å². The summed E-state index contributed by atoms with van der Waals surface area (Å²) in [5, 5.41) is 3.44. The van der Waals surface area contributed by atoms with Crippen LogP contribution in [0.3, 0.4) is 0 Å². The van der Waals surface area contributed by atoms with Crippen LogP contribution in [0.15, 0.2) is 12.1 Å². The van der Waals surface area contributed by atoms with Crippen molar-refractivity contribution in [3.8, 4) is 0 Å². The average molecular weight is 362 g/mol. The van der Waals surface area contributed by atoms with Gasteiger partial charge in [-0.05, 0) is 35.6 Å². The molecule has 5 heteroatoms. The number of likely N-dealkylation sites (N-methyl/N-ethyl adjacent to an activating group) is 1. The van der Waals surface area contributed by atoms with E-state index in [-0.39, 0.29) is 5.82 Å². The molecule has 2 atom stereocenters. The fourth-order valence-corrected chi connectivity index (χ4v) is 3.33. The minimum Gasteiger partial charge on any atom is -0.383 e. The maximum atomic E-state index is 13.8. The molecular weight excluding hydrogens is 346 g/mol. The minimum absolute atomic E-state index is 0.146. The second-order valence-corrected chi connectivity index (χ2v) is 5.98. The van der Waals surface area contributed by atoms with E-state index in [1.807, 2.05) is 28.7 Å². The van der Waals surface area contributed by atoms with E-state index in [2.05, 4.69) is 17.1 Å². The van der Waals surface area contributed by atoms with Gasteiger partial charge in [0.15, 0.2) is 0 Å². The molecule has 0 spiro atoms. The Kier molecular flexibility index (Phi) is 3.36. The fourth-order valence-electron chi connectivity index (χ4n) is 2.87. The number of hydrogen-bond donors (Lipinski definition) is 1. The van der Waals surface area contributed by atoms with Crippen molar-refractivity contribution < 1.29 is 9.13 Å². The Labute approximate surface area is 120 Å². The molecule has 1 saturated heterocycles. The van der Waals surface area contributed by atoms with E-state index in [4.69, 9.17) is 4.74 Å². The molecule has 2 heterocycles. The molecule has 0 radical (unpaired) electrons. The van der Waals surface area contributed by atoms with E-state index in [9.17, 15) is 4.39 Å². The third-order valence-corrected chi connectivity index (χ3v) is 4.64. The lowest BCUT2D eigenvalue weighted by Gasteiger charge is -2.30. The lowest BCUT2D eigenvalue weighted by atomic mass is 10.0. The Morgan fingerprint density at radius 3 is 3.11 bits per heavy atom. The summed E-state index contributed by atoms with van der Waals surface area (Å²) in [6, 6.07) is 3.91. The third-order valence-electron chi connectivity index (χ3n) is 3.81. The van der Waals surface area contributed by atoms with Gasteiger partial charge >= 0.3 is 0 Å². The van der Waals surface area contributed by atoms with Gasteiger partial charge in [0.25, 0.3) is 0 Å². The Morgan fingerprint density at radius 2 is 2.33 bits per heavy atom. The second kappa shape index (κ2) is 4.85. The van der Waals surface area contributed by atoms with Crippen LogP contribution < -0.4 is 10.2 Å². The number of fused-ring (bicyclic) bond motifs is 2. The van der Waals surface area contributed by atoms with Crippen LogP contribution in [0.25, 0.3) is 0 Å². The van der Waals surface area contributed by atoms with Crippen LogP contribution in [0.5, 0.6) is 0 Å². The van der Waals surface area contributed by atoms with Crippen LogP contribution >= 0.6 is 22.6 Å². The van der Waals surface area contributed by atoms with Crippen molar-refractivity contribution in [2.24, 2.45) is 5.92 Å². The van der Waals surface area contributed by atoms with Crippen LogP contribution in [-0.4, -0.2) is 32.3 Å². The van der Waals surface area contributed by atoms with E-state index in [1.165, 1.54) is 0 Å². The molecule has 18 heavy (non-hydrogen) atoms. The maximum absolute atomic E-state index is 13.8. The number of nitrogens with zero attached hydrogens (tertiary/aromatic N) is 1. The molecule has 2 unspecified atom stereocenters. The van der Waals surface area contributed by atoms with Crippen LogP contribution in [0, 0.1) is 15.3 Å². The van der Waals surface area contributed by atoms with Crippen molar-refractivity contribution in [1.82, 2.24) is 0 Å². The molecule has 0 aromatic heterocycles. The van der Waals surface area contributed by atoms with Gasteiger partial charge in [-0.2, -0.15) is 0 Å². The topological polar surface area (TPSA) is 24.5 Å². The predicted octanol–water partition coefficient (Wildman–Crippen LogP) is 2.70. The zero-order valence-electron chi connectivity index (χ0n) is 10.2. The summed E-state index contributed by atoms with van der Waals surface area (Å²) in [4.78, 5) is 2.27. The van der Waals surface area contributed by atoms with Gasteiger partial charge in [0.05, 0.1) is 34.2 Å². The lowest BCUT2D eigenvalue weighted by Crippen LogP contribution is -2.40. The number of anilines is 2. The zero-order chi connectivity index (χ0) is 12.7. The molecule has 0 saturated carbocycles. The van der Waals surface area contributed by atoms with E-state index >= 15 is 0 Å². The minimum atomic E-state index is -0.146. The first-order chi connectivity index (χ1) is 8.70. The van der Waals surface area contributed by atoms with E-state index in [0.717, 1.165) is 37.7 Å². The molecule has 3 rings (SSSR count). The van der Waals surface area contributed by atoms with Crippen molar-refractivity contribution in [3.05, 3.63) is 21.5 Å². The van der Waals surface area contributed by atoms with Crippen LogP contribution in [0.4, 0.5) is 15.8 Å². The molecule has 0 amide bonds. The van der Waals surface area contributed by atoms with Crippen LogP contribution in [0.2, 0.25) is 0 Å². The normalized spacial score (nSPS) is 26.3. The van der Waals surface area contributed by atoms with Gasteiger partial charge in [-0.25, -0.2) is 4.39 Å². The Bertz CT molecular complexity index is 469. The fraction of sp³-hybridized carbons (Fsp3) is 0.538. The quantitative estimate of drug-likeness (QED) is 0.778. The molecule has 1 fully saturated rings. The maximum Gasteiger partial charge on any atom is 0.138 e. The van der Waals surface area contributed by atoms with E-state index in [1.54, 1.807) is 6.07 Å². The lowest BCUT2D eigenvalue weighted by molar-refractivity contribution is 0.185. The highest BCUT2D eigenvalue weighted by atomic mass is 127. The predicted molar refractivity (Wildman–Crippen MR) is 78.7 cm³/mol. The van der Waals surface area contributed by atoms with Gasteiger partial charge < -0.3 is 15.0 Å². The molecule has 3 nitrogen and oxygen atoms in total. The zero-order valence-corrected chi connectivity index (χ0v) is 12.4. The highest BCUT2D eigenvalue weighted by Gasteiger charge is 2.36. The molecule has 0 aliphatic carbocycles. The third kappa shape index (κ3) is 1.97. The first-order valence-corrected chi connectivity index (χ1v) is 7.36. The number of benzene rings is 1. The highest BCUT2D eigenvalue weighted by Crippen LogP contribution is 2.36. The van der Waals surface area contributed by atoms with Crippen LogP contribution in [-0.2, 0) is 4.74 Å². The SMILES string of the molecule is CCN1c2cc(F)c(I)cc2NCC2COCC21. The molecule has 1 aromatic rings. The number of rotatable bonds is 1. The van der Waals surface area contributed by atoms with Crippen molar-refractivity contribution in [2.75, 3.05) is 36.5 Å². The molecule has 2 aliphatic rings. The van der Waals surface area contributed by atoms with Crippen LogP contribution in [0.1, 0.15) is 6.92 Å². The number of ether oxygens (including phenoxy) is 1. The van der Waals surface area contributed by atoms with Crippen molar-refractivity contribution >= 4 is 34.0 Å². The molecular formula is C13H16FIN2O. The van der Waals surface area contributed by atoms with Crippen molar-refractivity contribution in [3.63, 3.8) is 0 Å².